The van der Waals surface area contributed by atoms with Crippen molar-refractivity contribution in [1.82, 2.24) is 0 Å². The van der Waals surface area contributed by atoms with E-state index in [-0.39, 0.29) is 4.90 Å². The zero-order valence-corrected chi connectivity index (χ0v) is 10.7. The Labute approximate surface area is 102 Å². The highest BCUT2D eigenvalue weighted by Gasteiger charge is 2.23. The first-order valence-corrected chi connectivity index (χ1v) is 7.40. The molecule has 4 nitrogen and oxygen atoms in total. The third-order valence-electron chi connectivity index (χ3n) is 3.25. The summed E-state index contributed by atoms with van der Waals surface area (Å²) in [5.74, 6) is 0.703. The first-order chi connectivity index (χ1) is 7.97. The van der Waals surface area contributed by atoms with Gasteiger partial charge in [-0.2, -0.15) is 0 Å². The topological polar surface area (TPSA) is 72.2 Å². The van der Waals surface area contributed by atoms with Crippen molar-refractivity contribution >= 4 is 15.7 Å². The molecular formula is C12H18N2O2S. The monoisotopic (exact) mass is 254 g/mol. The van der Waals surface area contributed by atoms with E-state index in [1.54, 1.807) is 12.1 Å². The molecule has 1 fully saturated rings. The average molecular weight is 254 g/mol. The standard InChI is InChI=1S/C12H18N2O2S/c1-9-6-7-10(8-9)14-11-4-2-3-5-12(11)17(13,15)16/h2-5,9-10,14H,6-8H2,1H3,(H2,13,15,16). The maximum Gasteiger partial charge on any atom is 0.240 e. The Morgan fingerprint density at radius 1 is 1.29 bits per heavy atom. The van der Waals surface area contributed by atoms with Crippen molar-refractivity contribution < 1.29 is 8.42 Å². The van der Waals surface area contributed by atoms with Crippen LogP contribution in [0.25, 0.3) is 0 Å². The molecule has 2 atom stereocenters. The molecule has 0 bridgehead atoms. The smallest absolute Gasteiger partial charge is 0.240 e. The summed E-state index contributed by atoms with van der Waals surface area (Å²) in [6.07, 6.45) is 3.36. The Bertz CT molecular complexity index is 499. The lowest BCUT2D eigenvalue weighted by Crippen LogP contribution is -2.20. The fourth-order valence-corrected chi connectivity index (χ4v) is 3.09. The average Bonchev–Trinajstić information content (AvgIpc) is 2.63. The van der Waals surface area contributed by atoms with Crippen molar-refractivity contribution in [2.45, 2.75) is 37.1 Å². The molecule has 0 heterocycles. The summed E-state index contributed by atoms with van der Waals surface area (Å²) in [6.45, 7) is 2.22. The van der Waals surface area contributed by atoms with Crippen LogP contribution in [0, 0.1) is 5.92 Å². The van der Waals surface area contributed by atoms with Crippen molar-refractivity contribution in [3.05, 3.63) is 24.3 Å². The van der Waals surface area contributed by atoms with Crippen molar-refractivity contribution in [3.63, 3.8) is 0 Å². The summed E-state index contributed by atoms with van der Waals surface area (Å²) in [4.78, 5) is 0.180. The first-order valence-electron chi connectivity index (χ1n) is 5.85. The number of sulfonamides is 1. The van der Waals surface area contributed by atoms with E-state index >= 15 is 0 Å². The molecule has 1 aromatic carbocycles. The number of rotatable bonds is 3. The molecule has 5 heteroatoms. The predicted molar refractivity (Wildman–Crippen MR) is 68.2 cm³/mol. The van der Waals surface area contributed by atoms with E-state index in [0.29, 0.717) is 17.6 Å². The highest BCUT2D eigenvalue weighted by atomic mass is 32.2. The molecule has 1 aliphatic carbocycles. The van der Waals surface area contributed by atoms with Gasteiger partial charge in [-0.3, -0.25) is 0 Å². The molecule has 2 unspecified atom stereocenters. The van der Waals surface area contributed by atoms with Crippen LogP contribution in [0.4, 0.5) is 5.69 Å². The number of primary sulfonamides is 1. The molecule has 94 valence electrons. The van der Waals surface area contributed by atoms with Crippen LogP contribution in [0.5, 0.6) is 0 Å². The maximum absolute atomic E-state index is 11.4. The van der Waals surface area contributed by atoms with Crippen LogP contribution in [0.1, 0.15) is 26.2 Å². The van der Waals surface area contributed by atoms with E-state index in [1.807, 2.05) is 6.07 Å². The molecule has 17 heavy (non-hydrogen) atoms. The minimum atomic E-state index is -3.65. The minimum absolute atomic E-state index is 0.180. The van der Waals surface area contributed by atoms with E-state index in [2.05, 4.69) is 12.2 Å². The normalized spacial score (nSPS) is 24.8. The number of anilines is 1. The quantitative estimate of drug-likeness (QED) is 0.865. The van der Waals surface area contributed by atoms with Gasteiger partial charge in [-0.1, -0.05) is 19.1 Å². The number of hydrogen-bond donors (Lipinski definition) is 2. The van der Waals surface area contributed by atoms with Crippen molar-refractivity contribution in [1.29, 1.82) is 0 Å². The molecule has 0 saturated heterocycles. The van der Waals surface area contributed by atoms with E-state index in [0.717, 1.165) is 12.8 Å². The summed E-state index contributed by atoms with van der Waals surface area (Å²) >= 11 is 0. The van der Waals surface area contributed by atoms with E-state index in [9.17, 15) is 8.42 Å². The van der Waals surface area contributed by atoms with Gasteiger partial charge >= 0.3 is 0 Å². The van der Waals surface area contributed by atoms with E-state index < -0.39 is 10.0 Å². The van der Waals surface area contributed by atoms with Crippen molar-refractivity contribution in [2.75, 3.05) is 5.32 Å². The molecular weight excluding hydrogens is 236 g/mol. The number of nitrogens with one attached hydrogen (secondary N) is 1. The lowest BCUT2D eigenvalue weighted by molar-refractivity contribution is 0.596. The van der Waals surface area contributed by atoms with Gasteiger partial charge in [0.2, 0.25) is 10.0 Å². The molecule has 3 N–H and O–H groups in total. The predicted octanol–water partition coefficient (Wildman–Crippen LogP) is 1.93. The molecule has 0 spiro atoms. The third kappa shape index (κ3) is 2.98. The number of para-hydroxylation sites is 1. The Morgan fingerprint density at radius 3 is 2.59 bits per heavy atom. The fourth-order valence-electron chi connectivity index (χ4n) is 2.39. The van der Waals surface area contributed by atoms with Crippen molar-refractivity contribution in [2.24, 2.45) is 11.1 Å². The molecule has 0 amide bonds. The lowest BCUT2D eigenvalue weighted by atomic mass is 10.1. The zero-order chi connectivity index (χ0) is 12.5. The van der Waals surface area contributed by atoms with Gasteiger partial charge in [-0.05, 0) is 37.3 Å². The second kappa shape index (κ2) is 4.66. The molecule has 0 aromatic heterocycles. The lowest BCUT2D eigenvalue weighted by Gasteiger charge is -2.16. The highest BCUT2D eigenvalue weighted by molar-refractivity contribution is 7.89. The Kier molecular flexibility index (Phi) is 3.40. The van der Waals surface area contributed by atoms with Crippen LogP contribution >= 0.6 is 0 Å². The van der Waals surface area contributed by atoms with Crippen LogP contribution in [0.15, 0.2) is 29.2 Å². The van der Waals surface area contributed by atoms with Gasteiger partial charge in [-0.25, -0.2) is 13.6 Å². The number of benzene rings is 1. The van der Waals surface area contributed by atoms with E-state index in [4.69, 9.17) is 5.14 Å². The van der Waals surface area contributed by atoms with Crippen molar-refractivity contribution in [3.8, 4) is 0 Å². The van der Waals surface area contributed by atoms with Gasteiger partial charge in [0.25, 0.3) is 0 Å². The van der Waals surface area contributed by atoms with Crippen LogP contribution < -0.4 is 10.5 Å². The molecule has 0 radical (unpaired) electrons. The Balaban J connectivity index is 2.21. The molecule has 1 saturated carbocycles. The van der Waals surface area contributed by atoms with Crippen LogP contribution in [-0.2, 0) is 10.0 Å². The van der Waals surface area contributed by atoms with Gasteiger partial charge in [0.1, 0.15) is 4.90 Å². The van der Waals surface area contributed by atoms with Crippen LogP contribution in [0.2, 0.25) is 0 Å². The molecule has 1 aliphatic rings. The summed E-state index contributed by atoms with van der Waals surface area (Å²) in [7, 11) is -3.65. The maximum atomic E-state index is 11.4. The largest absolute Gasteiger partial charge is 0.381 e. The summed E-state index contributed by atoms with van der Waals surface area (Å²) in [5, 5.41) is 8.48. The van der Waals surface area contributed by atoms with Crippen LogP contribution in [0.3, 0.4) is 0 Å². The SMILES string of the molecule is CC1CCC(Nc2ccccc2S(N)(=O)=O)C1. The van der Waals surface area contributed by atoms with Crippen LogP contribution in [-0.4, -0.2) is 14.5 Å². The third-order valence-corrected chi connectivity index (χ3v) is 4.22. The second-order valence-corrected chi connectivity index (χ2v) is 6.33. The summed E-state index contributed by atoms with van der Waals surface area (Å²) in [5.41, 5.74) is 0.620. The zero-order valence-electron chi connectivity index (χ0n) is 9.89. The minimum Gasteiger partial charge on any atom is -0.381 e. The Morgan fingerprint density at radius 2 is 2.00 bits per heavy atom. The molecule has 2 rings (SSSR count). The van der Waals surface area contributed by atoms with Gasteiger partial charge in [0.15, 0.2) is 0 Å². The van der Waals surface area contributed by atoms with Gasteiger partial charge in [0, 0.05) is 6.04 Å². The summed E-state index contributed by atoms with van der Waals surface area (Å²) < 4.78 is 22.9. The molecule has 0 aliphatic heterocycles. The van der Waals surface area contributed by atoms with Gasteiger partial charge < -0.3 is 5.32 Å². The van der Waals surface area contributed by atoms with E-state index in [1.165, 1.54) is 12.5 Å². The number of hydrogen-bond acceptors (Lipinski definition) is 3. The summed E-state index contributed by atoms with van der Waals surface area (Å²) in [6, 6.07) is 7.16. The Hall–Kier alpha value is -1.07. The highest BCUT2D eigenvalue weighted by Crippen LogP contribution is 2.29. The van der Waals surface area contributed by atoms with Gasteiger partial charge in [-0.15, -0.1) is 0 Å². The first kappa shape index (κ1) is 12.4. The van der Waals surface area contributed by atoms with Gasteiger partial charge in [0.05, 0.1) is 5.69 Å². The second-order valence-electron chi connectivity index (χ2n) is 4.80. The molecule has 1 aromatic rings. The fraction of sp³-hybridized carbons (Fsp3) is 0.500. The number of nitrogens with two attached hydrogens (primary N) is 1.